The van der Waals surface area contributed by atoms with Crippen LogP contribution in [0.4, 0.5) is 5.69 Å². The highest BCUT2D eigenvalue weighted by Crippen LogP contribution is 2.28. The van der Waals surface area contributed by atoms with Crippen LogP contribution in [0, 0.1) is 11.3 Å². The van der Waals surface area contributed by atoms with Crippen molar-refractivity contribution in [2.45, 2.75) is 0 Å². The first-order valence-electron chi connectivity index (χ1n) is 8.35. The van der Waals surface area contributed by atoms with Gasteiger partial charge in [-0.05, 0) is 46.7 Å². The van der Waals surface area contributed by atoms with Gasteiger partial charge in [-0.2, -0.15) is 5.26 Å². The number of anilines is 1. The summed E-state index contributed by atoms with van der Waals surface area (Å²) in [7, 11) is 1.52. The van der Waals surface area contributed by atoms with Gasteiger partial charge < -0.3 is 14.8 Å². The van der Waals surface area contributed by atoms with E-state index in [9.17, 15) is 4.79 Å². The van der Waals surface area contributed by atoms with Crippen molar-refractivity contribution >= 4 is 28.4 Å². The van der Waals surface area contributed by atoms with Gasteiger partial charge in [-0.25, -0.2) is 0 Å². The molecule has 134 valence electrons. The molecule has 0 spiro atoms. The summed E-state index contributed by atoms with van der Waals surface area (Å²) in [5.74, 6) is 0.758. The van der Waals surface area contributed by atoms with Gasteiger partial charge in [0, 0.05) is 11.8 Å². The van der Waals surface area contributed by atoms with E-state index in [1.165, 1.54) is 13.2 Å². The number of nitriles is 1. The van der Waals surface area contributed by atoms with E-state index >= 15 is 0 Å². The third kappa shape index (κ3) is 4.65. The third-order valence-electron chi connectivity index (χ3n) is 3.92. The molecule has 1 amide bonds. The number of amides is 1. The molecule has 3 aromatic carbocycles. The average Bonchev–Trinajstić information content (AvgIpc) is 2.70. The number of hydrogen-bond acceptors (Lipinski definition) is 4. The predicted molar refractivity (Wildman–Crippen MR) is 106 cm³/mol. The smallest absolute Gasteiger partial charge is 0.248 e. The summed E-state index contributed by atoms with van der Waals surface area (Å²) < 4.78 is 10.5. The Kier molecular flexibility index (Phi) is 5.70. The second-order valence-electron chi connectivity index (χ2n) is 5.74. The van der Waals surface area contributed by atoms with E-state index in [2.05, 4.69) is 5.32 Å². The normalized spacial score (nSPS) is 10.5. The Morgan fingerprint density at radius 3 is 2.67 bits per heavy atom. The SMILES string of the molecule is COc1cc(C=CC(=O)Nc2ccc3ccccc3c2)ccc1OCC#N. The highest BCUT2D eigenvalue weighted by molar-refractivity contribution is 6.03. The van der Waals surface area contributed by atoms with Gasteiger partial charge in [0.15, 0.2) is 18.1 Å². The molecule has 0 saturated carbocycles. The first-order valence-corrected chi connectivity index (χ1v) is 8.35. The van der Waals surface area contributed by atoms with Crippen LogP contribution >= 0.6 is 0 Å². The molecule has 0 radical (unpaired) electrons. The lowest BCUT2D eigenvalue weighted by Crippen LogP contribution is -2.07. The van der Waals surface area contributed by atoms with Gasteiger partial charge in [-0.3, -0.25) is 4.79 Å². The van der Waals surface area contributed by atoms with Crippen LogP contribution in [0.5, 0.6) is 11.5 Å². The predicted octanol–water partition coefficient (Wildman–Crippen LogP) is 4.40. The van der Waals surface area contributed by atoms with Crippen LogP contribution in [-0.4, -0.2) is 19.6 Å². The van der Waals surface area contributed by atoms with Crippen LogP contribution in [0.15, 0.2) is 66.7 Å². The number of benzene rings is 3. The van der Waals surface area contributed by atoms with Crippen molar-refractivity contribution in [3.8, 4) is 17.6 Å². The maximum Gasteiger partial charge on any atom is 0.248 e. The molecular formula is C22H18N2O3. The summed E-state index contributed by atoms with van der Waals surface area (Å²) >= 11 is 0. The van der Waals surface area contributed by atoms with E-state index in [0.717, 1.165) is 22.0 Å². The number of rotatable bonds is 6. The molecule has 27 heavy (non-hydrogen) atoms. The molecule has 0 fully saturated rings. The second kappa shape index (κ2) is 8.54. The zero-order chi connectivity index (χ0) is 19.1. The lowest BCUT2D eigenvalue weighted by Gasteiger charge is -2.08. The lowest BCUT2D eigenvalue weighted by atomic mass is 10.1. The number of hydrogen-bond donors (Lipinski definition) is 1. The first-order chi connectivity index (χ1) is 13.2. The second-order valence-corrected chi connectivity index (χ2v) is 5.74. The van der Waals surface area contributed by atoms with E-state index in [1.807, 2.05) is 48.5 Å². The molecule has 0 heterocycles. The zero-order valence-corrected chi connectivity index (χ0v) is 14.8. The van der Waals surface area contributed by atoms with Gasteiger partial charge in [0.2, 0.25) is 5.91 Å². The fraction of sp³-hybridized carbons (Fsp3) is 0.0909. The van der Waals surface area contributed by atoms with Crippen LogP contribution < -0.4 is 14.8 Å². The molecular weight excluding hydrogens is 340 g/mol. The van der Waals surface area contributed by atoms with E-state index in [4.69, 9.17) is 14.7 Å². The largest absolute Gasteiger partial charge is 0.493 e. The number of ether oxygens (including phenoxy) is 2. The van der Waals surface area contributed by atoms with E-state index < -0.39 is 0 Å². The van der Waals surface area contributed by atoms with Crippen molar-refractivity contribution in [2.24, 2.45) is 0 Å². The monoisotopic (exact) mass is 358 g/mol. The Balaban J connectivity index is 1.69. The van der Waals surface area contributed by atoms with Crippen LogP contribution in [-0.2, 0) is 4.79 Å². The highest BCUT2D eigenvalue weighted by Gasteiger charge is 2.05. The maximum atomic E-state index is 12.2. The molecule has 5 nitrogen and oxygen atoms in total. The average molecular weight is 358 g/mol. The first kappa shape index (κ1) is 18.0. The van der Waals surface area contributed by atoms with Crippen molar-refractivity contribution in [3.63, 3.8) is 0 Å². The summed E-state index contributed by atoms with van der Waals surface area (Å²) in [6.07, 6.45) is 3.15. The fourth-order valence-corrected chi connectivity index (χ4v) is 2.64. The topological polar surface area (TPSA) is 71.3 Å². The number of nitrogens with zero attached hydrogens (tertiary/aromatic N) is 1. The molecule has 0 atom stereocenters. The van der Waals surface area contributed by atoms with Crippen LogP contribution in [0.3, 0.4) is 0 Å². The standard InChI is InChI=1S/C22H18N2O3/c1-26-21-14-16(6-10-20(21)27-13-12-23)7-11-22(25)24-19-9-8-17-4-2-3-5-18(17)15-19/h2-11,14-15H,13H2,1H3,(H,24,25). The maximum absolute atomic E-state index is 12.2. The van der Waals surface area contributed by atoms with Gasteiger partial charge in [-0.1, -0.05) is 36.4 Å². The summed E-state index contributed by atoms with van der Waals surface area (Å²) in [4.78, 5) is 12.2. The summed E-state index contributed by atoms with van der Waals surface area (Å²) in [6.45, 7) is -0.0558. The van der Waals surface area contributed by atoms with E-state index in [-0.39, 0.29) is 12.5 Å². The number of nitrogens with one attached hydrogen (secondary N) is 1. The fourth-order valence-electron chi connectivity index (χ4n) is 2.64. The van der Waals surface area contributed by atoms with Gasteiger partial charge >= 0.3 is 0 Å². The molecule has 0 aliphatic carbocycles. The number of carbonyl (C=O) groups is 1. The van der Waals surface area contributed by atoms with E-state index in [0.29, 0.717) is 11.5 Å². The summed E-state index contributed by atoms with van der Waals surface area (Å²) in [6, 6.07) is 20.9. The molecule has 3 aromatic rings. The molecule has 0 saturated heterocycles. The minimum Gasteiger partial charge on any atom is -0.493 e. The van der Waals surface area contributed by atoms with Crippen molar-refractivity contribution in [2.75, 3.05) is 19.0 Å². The van der Waals surface area contributed by atoms with Crippen molar-refractivity contribution in [3.05, 3.63) is 72.3 Å². The molecule has 5 heteroatoms. The molecule has 0 aromatic heterocycles. The Hall–Kier alpha value is -3.78. The Labute approximate surface area is 157 Å². The molecule has 0 aliphatic rings. The number of fused-ring (bicyclic) bond motifs is 1. The molecule has 0 bridgehead atoms. The summed E-state index contributed by atoms with van der Waals surface area (Å²) in [5, 5.41) is 13.6. The quantitative estimate of drug-likeness (QED) is 0.663. The third-order valence-corrected chi connectivity index (χ3v) is 3.92. The molecule has 3 rings (SSSR count). The van der Waals surface area contributed by atoms with Gasteiger partial charge in [0.05, 0.1) is 7.11 Å². The zero-order valence-electron chi connectivity index (χ0n) is 14.8. The Morgan fingerprint density at radius 2 is 1.89 bits per heavy atom. The van der Waals surface area contributed by atoms with Crippen LogP contribution in [0.2, 0.25) is 0 Å². The van der Waals surface area contributed by atoms with Gasteiger partial charge in [-0.15, -0.1) is 0 Å². The minimum absolute atomic E-state index is 0.0558. The highest BCUT2D eigenvalue weighted by atomic mass is 16.5. The van der Waals surface area contributed by atoms with Crippen LogP contribution in [0.1, 0.15) is 5.56 Å². The van der Waals surface area contributed by atoms with Crippen molar-refractivity contribution in [1.82, 2.24) is 0 Å². The number of methoxy groups -OCH3 is 1. The van der Waals surface area contributed by atoms with Crippen molar-refractivity contribution < 1.29 is 14.3 Å². The van der Waals surface area contributed by atoms with Gasteiger partial charge in [0.1, 0.15) is 6.07 Å². The molecule has 1 N–H and O–H groups in total. The van der Waals surface area contributed by atoms with Crippen molar-refractivity contribution in [1.29, 1.82) is 5.26 Å². The minimum atomic E-state index is -0.228. The molecule has 0 unspecified atom stereocenters. The lowest BCUT2D eigenvalue weighted by molar-refractivity contribution is -0.111. The van der Waals surface area contributed by atoms with E-state index in [1.54, 1.807) is 24.3 Å². The Bertz CT molecular complexity index is 1040. The van der Waals surface area contributed by atoms with Gasteiger partial charge in [0.25, 0.3) is 0 Å². The Morgan fingerprint density at radius 1 is 1.07 bits per heavy atom. The number of carbonyl (C=O) groups excluding carboxylic acids is 1. The van der Waals surface area contributed by atoms with Crippen LogP contribution in [0.25, 0.3) is 16.8 Å². The summed E-state index contributed by atoms with van der Waals surface area (Å²) in [5.41, 5.74) is 1.52. The molecule has 0 aliphatic heterocycles.